The molecule has 0 fully saturated rings. The molecule has 11 heteroatoms. The van der Waals surface area contributed by atoms with Gasteiger partial charge in [-0.1, -0.05) is 11.6 Å². The molecule has 1 atom stereocenters. The zero-order chi connectivity index (χ0) is 12.3. The van der Waals surface area contributed by atoms with E-state index in [0.29, 0.717) is 0 Å². The van der Waals surface area contributed by atoms with Crippen LogP contribution in [-0.2, 0) is 4.57 Å². The number of alkyl halides is 1. The monoisotopic (exact) mass is 282 g/mol. The van der Waals surface area contributed by atoms with E-state index in [2.05, 4.69) is 4.99 Å². The van der Waals surface area contributed by atoms with E-state index >= 15 is 0 Å². The van der Waals surface area contributed by atoms with Crippen LogP contribution < -0.4 is 0 Å². The number of hydrogen-bond acceptors (Lipinski definition) is 6. The molecule has 0 aromatic rings. The second-order valence-electron chi connectivity index (χ2n) is 2.52. The highest BCUT2D eigenvalue weighted by Crippen LogP contribution is 2.60. The van der Waals surface area contributed by atoms with Gasteiger partial charge in [0.1, 0.15) is 5.56 Å². The third kappa shape index (κ3) is 6.52. The van der Waals surface area contributed by atoms with Crippen molar-refractivity contribution in [3.05, 3.63) is 0 Å². The Hall–Kier alpha value is 0.380. The Balaban J connectivity index is 4.75. The van der Waals surface area contributed by atoms with Crippen LogP contribution in [0.2, 0.25) is 0 Å². The zero-order valence-corrected chi connectivity index (χ0v) is 9.85. The van der Waals surface area contributed by atoms with Crippen LogP contribution in [0.4, 0.5) is 0 Å². The van der Waals surface area contributed by atoms with E-state index in [-0.39, 0.29) is 13.0 Å². The van der Waals surface area contributed by atoms with Crippen LogP contribution in [0.3, 0.4) is 0 Å². The first-order valence-corrected chi connectivity index (χ1v) is 7.25. The van der Waals surface area contributed by atoms with E-state index in [1.165, 1.54) is 0 Å². The van der Waals surface area contributed by atoms with Crippen molar-refractivity contribution < 1.29 is 34.1 Å². The molecule has 0 radical (unpaired) electrons. The molecule has 0 rings (SSSR count). The van der Waals surface area contributed by atoms with Crippen molar-refractivity contribution in [3.8, 4) is 0 Å². The summed E-state index contributed by atoms with van der Waals surface area (Å²) in [6, 6.07) is 0. The van der Waals surface area contributed by atoms with Gasteiger partial charge in [0.05, 0.1) is 0 Å². The molecule has 1 unspecified atom stereocenters. The summed E-state index contributed by atoms with van der Waals surface area (Å²) in [7, 11) is -9.88. The van der Waals surface area contributed by atoms with E-state index in [1.54, 1.807) is 0 Å². The third-order valence-corrected chi connectivity index (χ3v) is 4.29. The van der Waals surface area contributed by atoms with Crippen molar-refractivity contribution in [3.63, 3.8) is 0 Å². The van der Waals surface area contributed by atoms with E-state index in [0.717, 1.165) is 0 Å². The topological polar surface area (TPSA) is 151 Å². The first kappa shape index (κ1) is 15.4. The van der Waals surface area contributed by atoms with E-state index in [4.69, 9.17) is 41.2 Å². The molecule has 0 aliphatic rings. The maximum atomic E-state index is 10.7. The predicted molar refractivity (Wildman–Crippen MR) is 54.4 cm³/mol. The lowest BCUT2D eigenvalue weighted by Gasteiger charge is -2.08. The normalized spacial score (nSPS) is 16.6. The van der Waals surface area contributed by atoms with Gasteiger partial charge in [0.2, 0.25) is 0 Å². The summed E-state index contributed by atoms with van der Waals surface area (Å²) in [6.45, 7) is -0.353. The molecule has 0 aliphatic heterocycles. The highest BCUT2D eigenvalue weighted by atomic mass is 35.5. The molecule has 0 heterocycles. The second-order valence-corrected chi connectivity index (χ2v) is 6.45. The van der Waals surface area contributed by atoms with Gasteiger partial charge in [-0.3, -0.25) is 0 Å². The fourth-order valence-corrected chi connectivity index (χ4v) is 2.70. The van der Waals surface area contributed by atoms with Gasteiger partial charge in [0.25, 0.3) is 0 Å². The molecule has 0 bridgehead atoms. The highest BCUT2D eigenvalue weighted by Gasteiger charge is 2.51. The summed E-state index contributed by atoms with van der Waals surface area (Å²) in [5.74, 6) is 0. The Kier molecular flexibility index (Phi) is 5.77. The Labute approximate surface area is 90.6 Å². The number of aliphatic imine (C=N–C) groups is 1. The van der Waals surface area contributed by atoms with Gasteiger partial charge in [-0.05, 0) is 0 Å². The Morgan fingerprint density at radius 3 is 2.13 bits per heavy atom. The Morgan fingerprint density at radius 2 is 1.87 bits per heavy atom. The lowest BCUT2D eigenvalue weighted by Crippen LogP contribution is -2.08. The Bertz CT molecular complexity index is 281. The van der Waals surface area contributed by atoms with E-state index in [9.17, 15) is 4.57 Å². The van der Waals surface area contributed by atoms with Crippen molar-refractivity contribution in [1.82, 2.24) is 0 Å². The lowest BCUT2D eigenvalue weighted by molar-refractivity contribution is 0.248. The summed E-state index contributed by atoms with van der Waals surface area (Å²) in [4.78, 5) is 46.4. The van der Waals surface area contributed by atoms with Crippen molar-refractivity contribution in [2.24, 2.45) is 4.99 Å². The summed E-state index contributed by atoms with van der Waals surface area (Å²) in [6.07, 6.45) is -0.148. The van der Waals surface area contributed by atoms with Crippen molar-refractivity contribution in [2.45, 2.75) is 12.0 Å². The molecule has 0 spiro atoms. The minimum absolute atomic E-state index is 0.148. The zero-order valence-electron chi connectivity index (χ0n) is 7.30. The molecule has 0 aliphatic carbocycles. The van der Waals surface area contributed by atoms with Gasteiger partial charge in [-0.2, -0.15) is 14.7 Å². The van der Waals surface area contributed by atoms with Crippen LogP contribution in [-0.4, -0.2) is 46.9 Å². The SMILES string of the molecule is O=P(O)(O)C(=NCCC(O)Cl)[P+](O)(O)O. The molecule has 90 valence electrons. The number of hydrogen-bond donors (Lipinski definition) is 6. The average molecular weight is 283 g/mol. The maximum Gasteiger partial charge on any atom is 0.469 e. The molecule has 0 amide bonds. The molecule has 0 aromatic carbocycles. The third-order valence-electron chi connectivity index (χ3n) is 1.15. The number of halogens is 1. The first-order chi connectivity index (χ1) is 6.55. The van der Waals surface area contributed by atoms with Gasteiger partial charge >= 0.3 is 20.7 Å². The van der Waals surface area contributed by atoms with Gasteiger partial charge in [0, 0.05) is 13.0 Å². The minimum Gasteiger partial charge on any atom is -0.378 e. The van der Waals surface area contributed by atoms with E-state index in [1.807, 2.05) is 0 Å². The predicted octanol–water partition coefficient (Wildman–Crippen LogP) is -0.793. The van der Waals surface area contributed by atoms with Crippen molar-refractivity contribution in [2.75, 3.05) is 6.54 Å². The van der Waals surface area contributed by atoms with Gasteiger partial charge < -0.3 is 14.9 Å². The smallest absolute Gasteiger partial charge is 0.378 e. The summed E-state index contributed by atoms with van der Waals surface area (Å²) < 4.78 is 10.7. The van der Waals surface area contributed by atoms with E-state index < -0.39 is 26.3 Å². The number of rotatable bonds is 5. The van der Waals surface area contributed by atoms with Crippen molar-refractivity contribution in [1.29, 1.82) is 0 Å². The lowest BCUT2D eigenvalue weighted by atomic mass is 10.5. The summed E-state index contributed by atoms with van der Waals surface area (Å²) in [5.41, 5.74) is -1.27. The van der Waals surface area contributed by atoms with Crippen LogP contribution in [0.15, 0.2) is 4.99 Å². The largest absolute Gasteiger partial charge is 0.469 e. The van der Waals surface area contributed by atoms with Crippen LogP contribution >= 0.6 is 27.1 Å². The summed E-state index contributed by atoms with van der Waals surface area (Å²) in [5, 5.41) is 7.21. The average Bonchev–Trinajstić information content (AvgIpc) is 1.92. The van der Waals surface area contributed by atoms with Crippen LogP contribution in [0.1, 0.15) is 6.42 Å². The quantitative estimate of drug-likeness (QED) is 0.219. The molecule has 0 aromatic heterocycles. The number of aliphatic hydroxyl groups is 1. The fourth-order valence-electron chi connectivity index (χ4n) is 0.633. The van der Waals surface area contributed by atoms with Gasteiger partial charge in [0.15, 0.2) is 0 Å². The van der Waals surface area contributed by atoms with Crippen LogP contribution in [0, 0.1) is 0 Å². The first-order valence-electron chi connectivity index (χ1n) is 3.55. The van der Waals surface area contributed by atoms with Crippen molar-refractivity contribution >= 4 is 32.3 Å². The Morgan fingerprint density at radius 1 is 1.40 bits per heavy atom. The molecular formula is C4H11ClNO7P2+. The molecule has 15 heavy (non-hydrogen) atoms. The second kappa shape index (κ2) is 5.63. The minimum atomic E-state index is -5.03. The highest BCUT2D eigenvalue weighted by molar-refractivity contribution is 8.00. The van der Waals surface area contributed by atoms with Gasteiger partial charge in [-0.15, -0.1) is 0 Å². The number of nitrogens with zero attached hydrogens (tertiary/aromatic N) is 1. The molecule has 8 nitrogen and oxygen atoms in total. The fraction of sp³-hybridized carbons (Fsp3) is 0.750. The molecule has 0 saturated carbocycles. The molecular weight excluding hydrogens is 271 g/mol. The van der Waals surface area contributed by atoms with Crippen LogP contribution in [0.5, 0.6) is 0 Å². The standard InChI is InChI=1S/C4H10ClNO7P2/c5-3(7)1-2-6-4(14(8,9)10)15(11,12)13/h3,7-10H,1-2H2,(H-,11,12,13)/p+1. The maximum absolute atomic E-state index is 10.7. The summed E-state index contributed by atoms with van der Waals surface area (Å²) >= 11 is 5.10. The van der Waals surface area contributed by atoms with Gasteiger partial charge in [-0.25, -0.2) is 9.56 Å². The molecule has 0 saturated heterocycles. The number of aliphatic hydroxyl groups excluding tert-OH is 1. The van der Waals surface area contributed by atoms with Crippen LogP contribution in [0.25, 0.3) is 0 Å². The molecule has 6 N–H and O–H groups in total.